The standard InChI is InChI=1S/C7H6ClF2IN2/c8-4-1-3(2-12)13-6(5(4)11)7(9)10/h1,7H,2,12H2. The molecule has 1 heterocycles. The zero-order valence-corrected chi connectivity index (χ0v) is 9.31. The number of pyridine rings is 1. The third-order valence-electron chi connectivity index (χ3n) is 1.41. The molecule has 0 spiro atoms. The molecule has 2 N–H and O–H groups in total. The highest BCUT2D eigenvalue weighted by Gasteiger charge is 2.16. The van der Waals surface area contributed by atoms with Crippen LogP contribution >= 0.6 is 34.2 Å². The molecular formula is C7H6ClF2IN2. The average Bonchev–Trinajstić information content (AvgIpc) is 2.09. The Bertz CT molecular complexity index is 320. The maximum atomic E-state index is 12.4. The lowest BCUT2D eigenvalue weighted by Crippen LogP contribution is -2.04. The van der Waals surface area contributed by atoms with Crippen molar-refractivity contribution in [1.82, 2.24) is 4.98 Å². The zero-order chi connectivity index (χ0) is 10.0. The van der Waals surface area contributed by atoms with Crippen LogP contribution in [0.15, 0.2) is 6.07 Å². The van der Waals surface area contributed by atoms with Gasteiger partial charge in [0.05, 0.1) is 14.3 Å². The van der Waals surface area contributed by atoms with E-state index < -0.39 is 6.43 Å². The van der Waals surface area contributed by atoms with E-state index in [1.807, 2.05) is 0 Å². The van der Waals surface area contributed by atoms with Gasteiger partial charge in [-0.25, -0.2) is 13.8 Å². The van der Waals surface area contributed by atoms with E-state index in [0.717, 1.165) is 0 Å². The van der Waals surface area contributed by atoms with Crippen molar-refractivity contribution < 1.29 is 8.78 Å². The largest absolute Gasteiger partial charge is 0.325 e. The summed E-state index contributed by atoms with van der Waals surface area (Å²) in [7, 11) is 0. The smallest absolute Gasteiger partial charge is 0.281 e. The molecule has 0 radical (unpaired) electrons. The molecule has 0 fully saturated rings. The van der Waals surface area contributed by atoms with Crippen LogP contribution in [0.5, 0.6) is 0 Å². The molecule has 13 heavy (non-hydrogen) atoms. The van der Waals surface area contributed by atoms with Gasteiger partial charge in [-0.05, 0) is 28.7 Å². The number of nitrogens with zero attached hydrogens (tertiary/aromatic N) is 1. The van der Waals surface area contributed by atoms with E-state index in [1.165, 1.54) is 6.07 Å². The number of hydrogen-bond acceptors (Lipinski definition) is 2. The fourth-order valence-electron chi connectivity index (χ4n) is 0.817. The number of halogens is 4. The molecule has 0 bridgehead atoms. The molecule has 72 valence electrons. The zero-order valence-electron chi connectivity index (χ0n) is 6.40. The summed E-state index contributed by atoms with van der Waals surface area (Å²) in [4.78, 5) is 3.68. The topological polar surface area (TPSA) is 38.9 Å². The van der Waals surface area contributed by atoms with E-state index in [4.69, 9.17) is 17.3 Å². The van der Waals surface area contributed by atoms with Crippen molar-refractivity contribution in [2.45, 2.75) is 13.0 Å². The van der Waals surface area contributed by atoms with Gasteiger partial charge in [0.2, 0.25) is 0 Å². The van der Waals surface area contributed by atoms with Crippen molar-refractivity contribution in [2.24, 2.45) is 5.73 Å². The van der Waals surface area contributed by atoms with Gasteiger partial charge < -0.3 is 5.73 Å². The highest BCUT2D eigenvalue weighted by atomic mass is 127. The number of rotatable bonds is 2. The lowest BCUT2D eigenvalue weighted by molar-refractivity contribution is 0.144. The molecule has 0 amide bonds. The van der Waals surface area contributed by atoms with Gasteiger partial charge in [-0.15, -0.1) is 0 Å². The second-order valence-corrected chi connectivity index (χ2v) is 3.79. The molecule has 0 atom stereocenters. The van der Waals surface area contributed by atoms with E-state index in [1.54, 1.807) is 22.6 Å². The minimum Gasteiger partial charge on any atom is -0.325 e. The molecule has 1 aromatic rings. The Labute approximate surface area is 92.6 Å². The van der Waals surface area contributed by atoms with E-state index in [2.05, 4.69) is 4.98 Å². The lowest BCUT2D eigenvalue weighted by atomic mass is 10.3. The molecule has 0 unspecified atom stereocenters. The molecule has 6 heteroatoms. The molecule has 2 nitrogen and oxygen atoms in total. The first-order chi connectivity index (χ1) is 6.06. The second-order valence-electron chi connectivity index (χ2n) is 2.30. The Morgan fingerprint density at radius 2 is 2.23 bits per heavy atom. The van der Waals surface area contributed by atoms with Gasteiger partial charge >= 0.3 is 0 Å². The number of alkyl halides is 2. The minimum atomic E-state index is -2.61. The van der Waals surface area contributed by atoms with Crippen LogP contribution < -0.4 is 5.73 Å². The summed E-state index contributed by atoms with van der Waals surface area (Å²) in [5.74, 6) is 0. The molecule has 1 rings (SSSR count). The summed E-state index contributed by atoms with van der Waals surface area (Å²) < 4.78 is 25.0. The molecular weight excluding hydrogens is 312 g/mol. The monoisotopic (exact) mass is 318 g/mol. The summed E-state index contributed by atoms with van der Waals surface area (Å²) >= 11 is 7.44. The Kier molecular flexibility index (Phi) is 3.81. The van der Waals surface area contributed by atoms with Crippen LogP contribution in [0.3, 0.4) is 0 Å². The summed E-state index contributed by atoms with van der Waals surface area (Å²) in [5, 5.41) is 0.270. The summed E-state index contributed by atoms with van der Waals surface area (Å²) in [6.45, 7) is 0.107. The van der Waals surface area contributed by atoms with Gasteiger partial charge in [0.15, 0.2) is 0 Å². The van der Waals surface area contributed by atoms with Crippen molar-refractivity contribution in [3.63, 3.8) is 0 Å². The van der Waals surface area contributed by atoms with Crippen molar-refractivity contribution in [2.75, 3.05) is 0 Å². The quantitative estimate of drug-likeness (QED) is 0.852. The first-order valence-corrected chi connectivity index (χ1v) is 4.85. The molecule has 0 aromatic carbocycles. The first-order valence-electron chi connectivity index (χ1n) is 3.39. The van der Waals surface area contributed by atoms with E-state index >= 15 is 0 Å². The van der Waals surface area contributed by atoms with Crippen LogP contribution in [-0.4, -0.2) is 4.98 Å². The molecule has 0 aliphatic rings. The van der Waals surface area contributed by atoms with Crippen molar-refractivity contribution >= 4 is 34.2 Å². The summed E-state index contributed by atoms with van der Waals surface area (Å²) in [5.41, 5.74) is 5.35. The van der Waals surface area contributed by atoms with Crippen LogP contribution in [0, 0.1) is 3.57 Å². The van der Waals surface area contributed by atoms with Crippen LogP contribution in [0.2, 0.25) is 5.02 Å². The van der Waals surface area contributed by atoms with Gasteiger partial charge in [0.1, 0.15) is 5.69 Å². The lowest BCUT2D eigenvalue weighted by Gasteiger charge is -2.06. The van der Waals surface area contributed by atoms with Crippen molar-refractivity contribution in [3.05, 3.63) is 26.0 Å². The number of hydrogen-bond donors (Lipinski definition) is 1. The van der Waals surface area contributed by atoms with Crippen molar-refractivity contribution in [3.8, 4) is 0 Å². The predicted molar refractivity (Wildman–Crippen MR) is 54.8 cm³/mol. The highest BCUT2D eigenvalue weighted by Crippen LogP contribution is 2.28. The maximum absolute atomic E-state index is 12.4. The van der Waals surface area contributed by atoms with Gasteiger partial charge in [0, 0.05) is 6.54 Å². The second kappa shape index (κ2) is 4.47. The van der Waals surface area contributed by atoms with Gasteiger partial charge in [0.25, 0.3) is 6.43 Å². The van der Waals surface area contributed by atoms with Crippen LogP contribution in [-0.2, 0) is 6.54 Å². The molecule has 0 saturated carbocycles. The summed E-state index contributed by atoms with van der Waals surface area (Å²) in [6, 6.07) is 1.50. The first kappa shape index (κ1) is 11.1. The highest BCUT2D eigenvalue weighted by molar-refractivity contribution is 14.1. The van der Waals surface area contributed by atoms with E-state index in [9.17, 15) is 8.78 Å². The molecule has 0 aliphatic carbocycles. The maximum Gasteiger partial charge on any atom is 0.281 e. The average molecular weight is 318 g/mol. The van der Waals surface area contributed by atoms with E-state index in [-0.39, 0.29) is 20.8 Å². The predicted octanol–water partition coefficient (Wildman–Crippen LogP) is 2.74. The number of aromatic nitrogens is 1. The van der Waals surface area contributed by atoms with Crippen molar-refractivity contribution in [1.29, 1.82) is 0 Å². The minimum absolute atomic E-state index is 0.107. The third-order valence-corrected chi connectivity index (χ3v) is 3.16. The Hall–Kier alpha value is -0.0100. The Morgan fingerprint density at radius 3 is 2.69 bits per heavy atom. The Morgan fingerprint density at radius 1 is 1.62 bits per heavy atom. The number of nitrogens with two attached hydrogens (primary N) is 1. The van der Waals surface area contributed by atoms with Crippen LogP contribution in [0.25, 0.3) is 0 Å². The molecule has 1 aromatic heterocycles. The fraction of sp³-hybridized carbons (Fsp3) is 0.286. The van der Waals surface area contributed by atoms with E-state index in [0.29, 0.717) is 5.69 Å². The van der Waals surface area contributed by atoms with Gasteiger partial charge in [-0.1, -0.05) is 11.6 Å². The summed E-state index contributed by atoms with van der Waals surface area (Å²) in [6.07, 6.45) is -2.61. The normalized spacial score (nSPS) is 10.9. The molecule has 0 aliphatic heterocycles. The third kappa shape index (κ3) is 2.47. The van der Waals surface area contributed by atoms with Crippen LogP contribution in [0.1, 0.15) is 17.8 Å². The van der Waals surface area contributed by atoms with Gasteiger partial charge in [-0.3, -0.25) is 0 Å². The van der Waals surface area contributed by atoms with Gasteiger partial charge in [-0.2, -0.15) is 0 Å². The fourth-order valence-corrected chi connectivity index (χ4v) is 1.55. The molecule has 0 saturated heterocycles. The Balaban J connectivity index is 3.25. The SMILES string of the molecule is NCc1cc(Cl)c(I)c(C(F)F)n1. The van der Waals surface area contributed by atoms with Crippen LogP contribution in [0.4, 0.5) is 8.78 Å².